The number of primary amides is 1. The fraction of sp³-hybridized carbons (Fsp3) is 0.455. The van der Waals surface area contributed by atoms with Crippen LogP contribution < -0.4 is 16.4 Å². The van der Waals surface area contributed by atoms with E-state index in [4.69, 9.17) is 11.5 Å². The number of amides is 1. The summed E-state index contributed by atoms with van der Waals surface area (Å²) in [6, 6.07) is 2.86. The van der Waals surface area contributed by atoms with E-state index in [0.717, 1.165) is 19.4 Å². The average Bonchev–Trinajstić information content (AvgIpc) is 2.38. The van der Waals surface area contributed by atoms with Crippen LogP contribution >= 0.6 is 0 Å². The van der Waals surface area contributed by atoms with Gasteiger partial charge in [0.15, 0.2) is 0 Å². The minimum atomic E-state index is -0.575. The molecule has 4 N–H and O–H groups in total. The van der Waals surface area contributed by atoms with E-state index in [2.05, 4.69) is 4.98 Å². The zero-order valence-electron chi connectivity index (χ0n) is 10.3. The summed E-state index contributed by atoms with van der Waals surface area (Å²) in [5.74, 6) is -0.135. The van der Waals surface area contributed by atoms with Crippen LogP contribution in [0.2, 0.25) is 0 Å². The third-order valence-corrected chi connectivity index (χ3v) is 3.23. The van der Waals surface area contributed by atoms with Crippen LogP contribution in [0, 0.1) is 16.0 Å². The zero-order chi connectivity index (χ0) is 14.0. The highest BCUT2D eigenvalue weighted by Crippen LogP contribution is 2.26. The summed E-state index contributed by atoms with van der Waals surface area (Å²) in [7, 11) is 0. The van der Waals surface area contributed by atoms with Crippen molar-refractivity contribution in [3.8, 4) is 0 Å². The summed E-state index contributed by atoms with van der Waals surface area (Å²) in [6.45, 7) is 1.20. The van der Waals surface area contributed by atoms with Gasteiger partial charge in [0.2, 0.25) is 11.7 Å². The Hall–Kier alpha value is -2.38. The Morgan fingerprint density at radius 2 is 2.26 bits per heavy atom. The predicted octanol–water partition coefficient (Wildman–Crippen LogP) is 0.274. The van der Waals surface area contributed by atoms with Gasteiger partial charge in [-0.05, 0) is 18.9 Å². The van der Waals surface area contributed by atoms with E-state index in [1.165, 1.54) is 12.1 Å². The first kappa shape index (κ1) is 13.1. The summed E-state index contributed by atoms with van der Waals surface area (Å²) < 4.78 is 0. The third-order valence-electron chi connectivity index (χ3n) is 3.23. The van der Waals surface area contributed by atoms with Gasteiger partial charge in [-0.2, -0.15) is 0 Å². The maximum absolute atomic E-state index is 11.2. The Balaban J connectivity index is 2.20. The van der Waals surface area contributed by atoms with Crippen molar-refractivity contribution in [1.29, 1.82) is 0 Å². The molecule has 1 aliphatic rings. The Kier molecular flexibility index (Phi) is 3.50. The molecule has 0 aliphatic carbocycles. The van der Waals surface area contributed by atoms with Crippen LogP contribution in [0.5, 0.6) is 0 Å². The number of aromatic nitrogens is 1. The normalized spacial score (nSPS) is 19.2. The molecule has 1 unspecified atom stereocenters. The number of nitrogens with zero attached hydrogens (tertiary/aromatic N) is 3. The van der Waals surface area contributed by atoms with Crippen LogP contribution in [0.1, 0.15) is 12.8 Å². The lowest BCUT2D eigenvalue weighted by molar-refractivity contribution is -0.384. The molecule has 1 atom stereocenters. The van der Waals surface area contributed by atoms with Crippen molar-refractivity contribution in [2.24, 2.45) is 11.7 Å². The molecule has 2 heterocycles. The molecule has 8 heteroatoms. The van der Waals surface area contributed by atoms with Crippen LogP contribution in [0.4, 0.5) is 17.3 Å². The minimum absolute atomic E-state index is 0.122. The van der Waals surface area contributed by atoms with Crippen LogP contribution in [0.3, 0.4) is 0 Å². The molecule has 1 aliphatic heterocycles. The molecule has 0 aromatic carbocycles. The van der Waals surface area contributed by atoms with Gasteiger partial charge in [0.25, 0.3) is 0 Å². The number of nitrogens with two attached hydrogens (primary N) is 2. The highest BCUT2D eigenvalue weighted by Gasteiger charge is 2.25. The van der Waals surface area contributed by atoms with E-state index in [1.54, 1.807) is 0 Å². The summed E-state index contributed by atoms with van der Waals surface area (Å²) in [4.78, 5) is 27.2. The fourth-order valence-electron chi connectivity index (χ4n) is 2.20. The molecule has 19 heavy (non-hydrogen) atoms. The van der Waals surface area contributed by atoms with Gasteiger partial charge < -0.3 is 16.4 Å². The number of hydrogen-bond donors (Lipinski definition) is 2. The van der Waals surface area contributed by atoms with E-state index in [9.17, 15) is 14.9 Å². The molecular weight excluding hydrogens is 250 g/mol. The molecule has 0 bridgehead atoms. The molecule has 0 spiro atoms. The quantitative estimate of drug-likeness (QED) is 0.596. The van der Waals surface area contributed by atoms with Crippen LogP contribution in [-0.2, 0) is 4.79 Å². The fourth-order valence-corrected chi connectivity index (χ4v) is 2.20. The van der Waals surface area contributed by atoms with Gasteiger partial charge >= 0.3 is 5.69 Å². The second-order valence-corrected chi connectivity index (χ2v) is 4.52. The van der Waals surface area contributed by atoms with E-state index in [1.807, 2.05) is 4.90 Å². The van der Waals surface area contributed by atoms with Crippen LogP contribution in [0.15, 0.2) is 12.1 Å². The maximum Gasteiger partial charge on any atom is 0.311 e. The number of piperidine rings is 1. The van der Waals surface area contributed by atoms with Crippen molar-refractivity contribution >= 4 is 23.2 Å². The van der Waals surface area contributed by atoms with Gasteiger partial charge in [0.05, 0.1) is 10.8 Å². The zero-order valence-corrected chi connectivity index (χ0v) is 10.3. The first-order valence-corrected chi connectivity index (χ1v) is 5.94. The van der Waals surface area contributed by atoms with Gasteiger partial charge in [0.1, 0.15) is 5.82 Å². The van der Waals surface area contributed by atoms with E-state index >= 15 is 0 Å². The van der Waals surface area contributed by atoms with Gasteiger partial charge in [-0.3, -0.25) is 14.9 Å². The lowest BCUT2D eigenvalue weighted by Gasteiger charge is -2.32. The summed E-state index contributed by atoms with van der Waals surface area (Å²) in [6.07, 6.45) is 1.58. The highest BCUT2D eigenvalue weighted by molar-refractivity contribution is 5.77. The molecule has 0 radical (unpaired) electrons. The number of carbonyl (C=O) groups excluding carboxylic acids is 1. The molecule has 0 saturated carbocycles. The number of carbonyl (C=O) groups is 1. The molecule has 8 nitrogen and oxygen atoms in total. The second kappa shape index (κ2) is 5.09. The Morgan fingerprint density at radius 3 is 2.84 bits per heavy atom. The second-order valence-electron chi connectivity index (χ2n) is 4.52. The first-order valence-electron chi connectivity index (χ1n) is 5.94. The van der Waals surface area contributed by atoms with Crippen molar-refractivity contribution < 1.29 is 9.72 Å². The molecule has 1 fully saturated rings. The average molecular weight is 265 g/mol. The Bertz CT molecular complexity index is 519. The van der Waals surface area contributed by atoms with Crippen molar-refractivity contribution in [2.75, 3.05) is 23.7 Å². The topological polar surface area (TPSA) is 128 Å². The molecule has 1 aromatic rings. The number of nitrogen functional groups attached to an aromatic ring is 1. The summed E-state index contributed by atoms with van der Waals surface area (Å²) >= 11 is 0. The molecule has 1 saturated heterocycles. The number of pyridine rings is 1. The van der Waals surface area contributed by atoms with E-state index in [-0.39, 0.29) is 23.3 Å². The Morgan fingerprint density at radius 1 is 1.53 bits per heavy atom. The molecule has 1 amide bonds. The Labute approximate surface area is 109 Å². The van der Waals surface area contributed by atoms with Crippen LogP contribution in [0.25, 0.3) is 0 Å². The standard InChI is InChI=1S/C11H15N5O3/c12-10-8(16(18)19)3-4-9(14-10)15-5-1-2-7(6-15)11(13)17/h3-4,7H,1-2,5-6H2,(H2,12,14)(H2,13,17). The summed E-state index contributed by atoms with van der Waals surface area (Å²) in [5.41, 5.74) is 10.6. The molecule has 102 valence electrons. The SMILES string of the molecule is NC(=O)C1CCCN(c2ccc([N+](=O)[O-])c(N)n2)C1. The number of anilines is 2. The molecule has 1 aromatic heterocycles. The van der Waals surface area contributed by atoms with Crippen molar-refractivity contribution in [3.63, 3.8) is 0 Å². The van der Waals surface area contributed by atoms with Gasteiger partial charge in [-0.25, -0.2) is 4.98 Å². The van der Waals surface area contributed by atoms with E-state index < -0.39 is 4.92 Å². The predicted molar refractivity (Wildman–Crippen MR) is 69.4 cm³/mol. The first-order chi connectivity index (χ1) is 8.99. The molecular formula is C11H15N5O3. The van der Waals surface area contributed by atoms with E-state index in [0.29, 0.717) is 12.4 Å². The smallest absolute Gasteiger partial charge is 0.311 e. The van der Waals surface area contributed by atoms with Gasteiger partial charge in [0, 0.05) is 19.2 Å². The number of rotatable bonds is 3. The lowest BCUT2D eigenvalue weighted by atomic mass is 9.97. The maximum atomic E-state index is 11.2. The minimum Gasteiger partial charge on any atom is -0.378 e. The van der Waals surface area contributed by atoms with Gasteiger partial charge in [-0.1, -0.05) is 0 Å². The van der Waals surface area contributed by atoms with Crippen molar-refractivity contribution in [3.05, 3.63) is 22.2 Å². The monoisotopic (exact) mass is 265 g/mol. The van der Waals surface area contributed by atoms with Crippen molar-refractivity contribution in [2.45, 2.75) is 12.8 Å². The molecule has 2 rings (SSSR count). The third kappa shape index (κ3) is 2.72. The highest BCUT2D eigenvalue weighted by atomic mass is 16.6. The van der Waals surface area contributed by atoms with Crippen LogP contribution in [-0.4, -0.2) is 28.9 Å². The summed E-state index contributed by atoms with van der Waals surface area (Å²) in [5, 5.41) is 10.7. The van der Waals surface area contributed by atoms with Gasteiger partial charge in [-0.15, -0.1) is 0 Å². The largest absolute Gasteiger partial charge is 0.378 e. The number of hydrogen-bond acceptors (Lipinski definition) is 6. The van der Waals surface area contributed by atoms with Crippen molar-refractivity contribution in [1.82, 2.24) is 4.98 Å². The number of nitro groups is 1. The lowest BCUT2D eigenvalue weighted by Crippen LogP contribution is -2.41.